The number of fused-ring (bicyclic) bond motifs is 3. The van der Waals surface area contributed by atoms with E-state index in [1.54, 1.807) is 0 Å². The second-order valence-electron chi connectivity index (χ2n) is 6.79. The number of Topliss-reactive ketones (excluding diaryl/α,β-unsaturated/α-hetero) is 1. The first-order valence-electron chi connectivity index (χ1n) is 8.27. The maximum atomic E-state index is 12.4. The average Bonchev–Trinajstić information content (AvgIpc) is 2.58. The normalized spacial score (nSPS) is 26.1. The number of carbonyl (C=O) groups is 1. The van der Waals surface area contributed by atoms with Crippen LogP contribution in [0.2, 0.25) is 0 Å². The van der Waals surface area contributed by atoms with Crippen LogP contribution >= 0.6 is 0 Å². The number of quaternary nitrogens is 1. The highest BCUT2D eigenvalue weighted by molar-refractivity contribution is 5.83. The highest BCUT2D eigenvalue weighted by Gasteiger charge is 2.50. The lowest BCUT2D eigenvalue weighted by molar-refractivity contribution is -0.954. The lowest BCUT2D eigenvalue weighted by atomic mass is 9.80. The lowest BCUT2D eigenvalue weighted by Gasteiger charge is -2.52. The highest BCUT2D eigenvalue weighted by Crippen LogP contribution is 2.42. The van der Waals surface area contributed by atoms with Crippen LogP contribution in [0.4, 0.5) is 0 Å². The summed E-state index contributed by atoms with van der Waals surface area (Å²) in [5.41, 5.74) is 2.67. The number of nitrogens with zero attached hydrogens (tertiary/aromatic N) is 1. The molecule has 0 spiro atoms. The van der Waals surface area contributed by atoms with Gasteiger partial charge < -0.3 is 21.5 Å². The molecule has 5 rings (SSSR count). The Bertz CT molecular complexity index is 623. The van der Waals surface area contributed by atoms with Crippen molar-refractivity contribution in [2.75, 3.05) is 19.6 Å². The van der Waals surface area contributed by atoms with Crippen LogP contribution in [0.15, 0.2) is 60.7 Å². The van der Waals surface area contributed by atoms with Crippen molar-refractivity contribution in [1.82, 2.24) is 0 Å². The number of hydrogen-bond acceptors (Lipinski definition) is 1. The van der Waals surface area contributed by atoms with E-state index in [2.05, 4.69) is 60.7 Å². The van der Waals surface area contributed by atoms with E-state index in [-0.39, 0.29) is 23.0 Å². The molecule has 0 N–H and O–H groups in total. The second-order valence-corrected chi connectivity index (χ2v) is 6.79. The first-order valence-corrected chi connectivity index (χ1v) is 8.27. The van der Waals surface area contributed by atoms with Gasteiger partial charge in [-0.2, -0.15) is 0 Å². The molecule has 2 bridgehead atoms. The Labute approximate surface area is 148 Å². The molecule has 2 aromatic carbocycles. The maximum absolute atomic E-state index is 12.4. The minimum Gasteiger partial charge on any atom is -1.00 e. The van der Waals surface area contributed by atoms with Crippen LogP contribution in [0.3, 0.4) is 0 Å². The number of ketones is 1. The monoisotopic (exact) mass is 371 g/mol. The Kier molecular flexibility index (Phi) is 4.69. The quantitative estimate of drug-likeness (QED) is 0.721. The molecule has 0 aliphatic carbocycles. The van der Waals surface area contributed by atoms with Crippen LogP contribution in [0.25, 0.3) is 0 Å². The molecule has 2 nitrogen and oxygen atoms in total. The zero-order valence-corrected chi connectivity index (χ0v) is 14.8. The third-order valence-electron chi connectivity index (χ3n) is 5.55. The first kappa shape index (κ1) is 16.4. The van der Waals surface area contributed by atoms with Crippen LogP contribution < -0.4 is 17.0 Å². The molecule has 0 radical (unpaired) electrons. The summed E-state index contributed by atoms with van der Waals surface area (Å²) in [5, 5.41) is 0. The van der Waals surface area contributed by atoms with Crippen molar-refractivity contribution in [1.29, 1.82) is 0 Å². The second kappa shape index (κ2) is 6.58. The Hall–Kier alpha value is -1.45. The Morgan fingerprint density at radius 3 is 1.74 bits per heavy atom. The molecule has 3 fully saturated rings. The summed E-state index contributed by atoms with van der Waals surface area (Å²) in [6.07, 6.45) is 2.13. The van der Waals surface area contributed by atoms with Crippen LogP contribution in [-0.2, 0) is 4.79 Å². The van der Waals surface area contributed by atoms with Crippen LogP contribution in [-0.4, -0.2) is 29.9 Å². The summed E-state index contributed by atoms with van der Waals surface area (Å²) in [5.74, 6) is 0.821. The van der Waals surface area contributed by atoms with E-state index in [1.165, 1.54) is 11.1 Å². The molecule has 3 aliphatic rings. The standard InChI is InChI=1S/C20H22NO.BrH/c22-19-15-21(13-11-16(19)12-14-21)20(17-7-3-1-4-8-17)18-9-5-2-6-10-18;/h1-10,16,20H,11-15H2;1H/q+1;/p-1. The third kappa shape index (κ3) is 2.88. The van der Waals surface area contributed by atoms with Crippen molar-refractivity contribution >= 4 is 5.78 Å². The van der Waals surface area contributed by atoms with Gasteiger partial charge >= 0.3 is 0 Å². The van der Waals surface area contributed by atoms with E-state index in [1.807, 2.05) is 0 Å². The van der Waals surface area contributed by atoms with Gasteiger partial charge in [-0.1, -0.05) is 60.7 Å². The van der Waals surface area contributed by atoms with E-state index >= 15 is 0 Å². The fourth-order valence-corrected chi connectivity index (χ4v) is 4.45. The van der Waals surface area contributed by atoms with Crippen molar-refractivity contribution in [2.24, 2.45) is 5.92 Å². The van der Waals surface area contributed by atoms with Gasteiger partial charge in [-0.15, -0.1) is 0 Å². The number of carbonyl (C=O) groups excluding carboxylic acids is 1. The molecule has 3 aliphatic heterocycles. The van der Waals surface area contributed by atoms with Gasteiger partial charge in [0.05, 0.1) is 13.1 Å². The molecule has 120 valence electrons. The zero-order chi connectivity index (χ0) is 15.0. The number of piperidine rings is 3. The van der Waals surface area contributed by atoms with Crippen molar-refractivity contribution in [2.45, 2.75) is 18.9 Å². The molecular formula is C20H22BrNO. The summed E-state index contributed by atoms with van der Waals surface area (Å²) in [7, 11) is 0. The summed E-state index contributed by atoms with van der Waals surface area (Å²) < 4.78 is 0.920. The topological polar surface area (TPSA) is 17.1 Å². The number of halogens is 1. The molecule has 0 atom stereocenters. The summed E-state index contributed by atoms with van der Waals surface area (Å²) in [4.78, 5) is 12.4. The van der Waals surface area contributed by atoms with Gasteiger partial charge in [0.25, 0.3) is 0 Å². The maximum Gasteiger partial charge on any atom is 0.190 e. The summed E-state index contributed by atoms with van der Waals surface area (Å²) in [6, 6.07) is 21.7. The molecule has 2 aromatic rings. The Balaban J connectivity index is 0.00000156. The molecule has 23 heavy (non-hydrogen) atoms. The van der Waals surface area contributed by atoms with Crippen LogP contribution in [0.5, 0.6) is 0 Å². The number of rotatable bonds is 3. The Morgan fingerprint density at radius 2 is 1.30 bits per heavy atom. The predicted molar refractivity (Wildman–Crippen MR) is 87.3 cm³/mol. The third-order valence-corrected chi connectivity index (χ3v) is 5.55. The van der Waals surface area contributed by atoms with Gasteiger partial charge in [-0.25, -0.2) is 0 Å². The highest BCUT2D eigenvalue weighted by atomic mass is 79.9. The Morgan fingerprint density at radius 1 is 0.826 bits per heavy atom. The molecule has 3 heteroatoms. The predicted octanol–water partition coefficient (Wildman–Crippen LogP) is 0.590. The molecule has 0 unspecified atom stereocenters. The minimum atomic E-state index is 0. The summed E-state index contributed by atoms with van der Waals surface area (Å²) in [6.45, 7) is 2.97. The van der Waals surface area contributed by atoms with Crippen molar-refractivity contribution in [3.8, 4) is 0 Å². The largest absolute Gasteiger partial charge is 1.00 e. The van der Waals surface area contributed by atoms with Crippen molar-refractivity contribution < 1.29 is 26.3 Å². The van der Waals surface area contributed by atoms with E-state index in [0.717, 1.165) is 30.4 Å². The van der Waals surface area contributed by atoms with E-state index in [4.69, 9.17) is 0 Å². The van der Waals surface area contributed by atoms with Gasteiger partial charge in [0, 0.05) is 29.9 Å². The zero-order valence-electron chi connectivity index (χ0n) is 13.2. The smallest absolute Gasteiger partial charge is 0.190 e. The molecule has 0 amide bonds. The SMILES string of the molecule is O=C1C[N+]2(C(c3ccccc3)c3ccccc3)CCC1CC2.[Br-]. The van der Waals surface area contributed by atoms with E-state index in [9.17, 15) is 4.79 Å². The number of benzene rings is 2. The lowest BCUT2D eigenvalue weighted by Crippen LogP contribution is -3.00. The van der Waals surface area contributed by atoms with Crippen molar-refractivity contribution in [3.63, 3.8) is 0 Å². The van der Waals surface area contributed by atoms with Gasteiger partial charge in [-0.05, 0) is 0 Å². The fourth-order valence-electron chi connectivity index (χ4n) is 4.45. The van der Waals surface area contributed by atoms with Gasteiger partial charge in [0.1, 0.15) is 12.6 Å². The van der Waals surface area contributed by atoms with Gasteiger partial charge in [-0.3, -0.25) is 4.79 Å². The number of hydrogen-bond donors (Lipinski definition) is 0. The minimum absolute atomic E-state index is 0. The van der Waals surface area contributed by atoms with Crippen LogP contribution in [0.1, 0.15) is 30.0 Å². The molecule has 0 aromatic heterocycles. The molecule has 0 saturated carbocycles. The van der Waals surface area contributed by atoms with E-state index in [0.29, 0.717) is 18.2 Å². The molecule has 3 saturated heterocycles. The molecule has 3 heterocycles. The van der Waals surface area contributed by atoms with Crippen molar-refractivity contribution in [3.05, 3.63) is 71.8 Å². The van der Waals surface area contributed by atoms with Crippen LogP contribution in [0, 0.1) is 5.92 Å². The first-order chi connectivity index (χ1) is 10.8. The average molecular weight is 372 g/mol. The molecular weight excluding hydrogens is 350 g/mol. The van der Waals surface area contributed by atoms with E-state index < -0.39 is 0 Å². The van der Waals surface area contributed by atoms with Gasteiger partial charge in [0.15, 0.2) is 5.78 Å². The van der Waals surface area contributed by atoms with Gasteiger partial charge in [0.2, 0.25) is 0 Å². The summed E-state index contributed by atoms with van der Waals surface area (Å²) >= 11 is 0. The fraction of sp³-hybridized carbons (Fsp3) is 0.350.